The number of hydrogen-bond acceptors (Lipinski definition) is 4. The first kappa shape index (κ1) is 14.6. The average molecular weight is 315 g/mol. The van der Waals surface area contributed by atoms with Crippen molar-refractivity contribution in [3.05, 3.63) is 30.0 Å². The maximum Gasteiger partial charge on any atom is 0.227 e. The molecule has 0 radical (unpaired) electrons. The molecule has 1 saturated heterocycles. The summed E-state index contributed by atoms with van der Waals surface area (Å²) in [5.41, 5.74) is 1.70. The van der Waals surface area contributed by atoms with Gasteiger partial charge in [-0.2, -0.15) is 0 Å². The van der Waals surface area contributed by atoms with Crippen molar-refractivity contribution in [3.63, 3.8) is 0 Å². The van der Waals surface area contributed by atoms with Crippen LogP contribution in [0.5, 0.6) is 5.75 Å². The monoisotopic (exact) mass is 315 g/mol. The van der Waals surface area contributed by atoms with Crippen LogP contribution in [0, 0.1) is 0 Å². The van der Waals surface area contributed by atoms with E-state index in [4.69, 9.17) is 13.9 Å². The average Bonchev–Trinajstić information content (AvgIpc) is 3.21. The Kier molecular flexibility index (Phi) is 3.73. The van der Waals surface area contributed by atoms with E-state index in [1.54, 1.807) is 13.4 Å². The molecular weight excluding hydrogens is 294 g/mol. The van der Waals surface area contributed by atoms with Gasteiger partial charge >= 0.3 is 0 Å². The number of carbonyl (C=O) groups excluding carboxylic acids is 1. The highest BCUT2D eigenvalue weighted by Crippen LogP contribution is 2.31. The summed E-state index contributed by atoms with van der Waals surface area (Å²) in [4.78, 5) is 14.8. The van der Waals surface area contributed by atoms with E-state index in [1.807, 2.05) is 23.1 Å². The van der Waals surface area contributed by atoms with Gasteiger partial charge in [0.1, 0.15) is 11.3 Å². The smallest absolute Gasteiger partial charge is 0.227 e. The first-order valence-electron chi connectivity index (χ1n) is 8.21. The normalized spacial score (nSPS) is 24.0. The van der Waals surface area contributed by atoms with Crippen molar-refractivity contribution < 1.29 is 18.7 Å². The Morgan fingerprint density at radius 3 is 3.17 bits per heavy atom. The Bertz CT molecular complexity index is 723. The van der Waals surface area contributed by atoms with Gasteiger partial charge in [0.2, 0.25) is 5.91 Å². The van der Waals surface area contributed by atoms with E-state index in [-0.39, 0.29) is 18.1 Å². The third kappa shape index (κ3) is 2.59. The number of amides is 1. The molecule has 1 aromatic carbocycles. The van der Waals surface area contributed by atoms with Crippen LogP contribution in [0.2, 0.25) is 0 Å². The van der Waals surface area contributed by atoms with Crippen molar-refractivity contribution in [2.45, 2.75) is 37.8 Å². The Labute approximate surface area is 135 Å². The number of fused-ring (bicyclic) bond motifs is 2. The van der Waals surface area contributed by atoms with E-state index in [0.29, 0.717) is 19.6 Å². The Morgan fingerprint density at radius 2 is 2.30 bits per heavy atom. The van der Waals surface area contributed by atoms with E-state index in [9.17, 15) is 4.79 Å². The van der Waals surface area contributed by atoms with Crippen molar-refractivity contribution >= 4 is 16.9 Å². The number of ether oxygens (including phenoxy) is 2. The van der Waals surface area contributed by atoms with E-state index < -0.39 is 0 Å². The highest BCUT2D eigenvalue weighted by molar-refractivity contribution is 5.88. The molecule has 2 heterocycles. The number of benzene rings is 1. The summed E-state index contributed by atoms with van der Waals surface area (Å²) >= 11 is 0. The molecule has 2 fully saturated rings. The molecule has 2 aliphatic rings. The largest absolute Gasteiger partial charge is 0.497 e. The van der Waals surface area contributed by atoms with Crippen LogP contribution in [0.1, 0.15) is 24.8 Å². The minimum Gasteiger partial charge on any atom is -0.497 e. The molecule has 1 aromatic heterocycles. The molecule has 5 heteroatoms. The van der Waals surface area contributed by atoms with Gasteiger partial charge in [-0.15, -0.1) is 0 Å². The molecule has 0 N–H and O–H groups in total. The minimum absolute atomic E-state index is 0.170. The molecule has 1 amide bonds. The molecule has 4 rings (SSSR count). The highest BCUT2D eigenvalue weighted by atomic mass is 16.5. The standard InChI is InChI=1S/C18H21NO4/c1-21-13-5-6-14-12(11-23-17(14)10-13)9-18(20)19-7-8-22-16-4-2-3-15(16)19/h5-6,10-11,15-16H,2-4,7-9H2,1H3/t15-,16-/m0/s1. The van der Waals surface area contributed by atoms with Crippen molar-refractivity contribution in [3.8, 4) is 5.75 Å². The first-order chi connectivity index (χ1) is 11.3. The van der Waals surface area contributed by atoms with Gasteiger partial charge in [-0.3, -0.25) is 4.79 Å². The summed E-state index contributed by atoms with van der Waals surface area (Å²) in [6.45, 7) is 1.35. The van der Waals surface area contributed by atoms with E-state index in [1.165, 1.54) is 0 Å². The maximum atomic E-state index is 12.8. The van der Waals surface area contributed by atoms with Gasteiger partial charge < -0.3 is 18.8 Å². The summed E-state index contributed by atoms with van der Waals surface area (Å²) < 4.78 is 16.6. The number of nitrogens with zero attached hydrogens (tertiary/aromatic N) is 1. The third-order valence-corrected chi connectivity index (χ3v) is 5.01. The third-order valence-electron chi connectivity index (χ3n) is 5.01. The van der Waals surface area contributed by atoms with Gasteiger partial charge in [-0.1, -0.05) is 0 Å². The lowest BCUT2D eigenvalue weighted by Crippen LogP contribution is -2.51. The fourth-order valence-electron chi connectivity index (χ4n) is 3.83. The van der Waals surface area contributed by atoms with Crippen molar-refractivity contribution in [2.24, 2.45) is 0 Å². The molecule has 0 spiro atoms. The summed E-state index contributed by atoms with van der Waals surface area (Å²) in [7, 11) is 1.63. The van der Waals surface area contributed by atoms with Gasteiger partial charge in [0.15, 0.2) is 0 Å². The lowest BCUT2D eigenvalue weighted by atomic mass is 10.1. The van der Waals surface area contributed by atoms with Crippen LogP contribution in [-0.4, -0.2) is 43.2 Å². The summed E-state index contributed by atoms with van der Waals surface area (Å²) in [6.07, 6.45) is 5.57. The number of morpholine rings is 1. The zero-order valence-corrected chi connectivity index (χ0v) is 13.3. The molecule has 2 atom stereocenters. The predicted molar refractivity (Wildman–Crippen MR) is 85.6 cm³/mol. The SMILES string of the molecule is COc1ccc2c(CC(=O)N3CCO[C@H]4CCC[C@@H]43)coc2c1. The molecule has 0 unspecified atom stereocenters. The fourth-order valence-corrected chi connectivity index (χ4v) is 3.83. The zero-order valence-electron chi connectivity index (χ0n) is 13.3. The lowest BCUT2D eigenvalue weighted by molar-refractivity contribution is -0.143. The van der Waals surface area contributed by atoms with Crippen LogP contribution in [0.15, 0.2) is 28.9 Å². The van der Waals surface area contributed by atoms with E-state index >= 15 is 0 Å². The fraction of sp³-hybridized carbons (Fsp3) is 0.500. The Morgan fingerprint density at radius 1 is 1.39 bits per heavy atom. The van der Waals surface area contributed by atoms with Crippen LogP contribution in [-0.2, 0) is 16.0 Å². The van der Waals surface area contributed by atoms with Gasteiger partial charge in [-0.05, 0) is 31.4 Å². The summed E-state index contributed by atoms with van der Waals surface area (Å²) in [5, 5.41) is 0.982. The Hall–Kier alpha value is -2.01. The molecule has 23 heavy (non-hydrogen) atoms. The lowest BCUT2D eigenvalue weighted by Gasteiger charge is -2.37. The zero-order chi connectivity index (χ0) is 15.8. The van der Waals surface area contributed by atoms with Gasteiger partial charge in [0, 0.05) is 23.6 Å². The quantitative estimate of drug-likeness (QED) is 0.874. The first-order valence-corrected chi connectivity index (χ1v) is 8.21. The van der Waals surface area contributed by atoms with Crippen LogP contribution >= 0.6 is 0 Å². The number of methoxy groups -OCH3 is 1. The second kappa shape index (κ2) is 5.89. The topological polar surface area (TPSA) is 51.9 Å². The molecule has 0 bridgehead atoms. The second-order valence-corrected chi connectivity index (χ2v) is 6.29. The number of carbonyl (C=O) groups is 1. The minimum atomic E-state index is 0.170. The van der Waals surface area contributed by atoms with Gasteiger partial charge in [0.25, 0.3) is 0 Å². The van der Waals surface area contributed by atoms with Crippen LogP contribution in [0.3, 0.4) is 0 Å². The predicted octanol–water partition coefficient (Wildman–Crippen LogP) is 2.76. The Balaban J connectivity index is 1.54. The van der Waals surface area contributed by atoms with Crippen molar-refractivity contribution in [1.29, 1.82) is 0 Å². The van der Waals surface area contributed by atoms with Crippen LogP contribution in [0.25, 0.3) is 11.0 Å². The van der Waals surface area contributed by atoms with E-state index in [0.717, 1.165) is 41.5 Å². The van der Waals surface area contributed by atoms with Crippen molar-refractivity contribution in [1.82, 2.24) is 4.90 Å². The number of furan rings is 1. The van der Waals surface area contributed by atoms with Crippen molar-refractivity contribution in [2.75, 3.05) is 20.3 Å². The number of hydrogen-bond donors (Lipinski definition) is 0. The molecule has 1 aliphatic carbocycles. The van der Waals surface area contributed by atoms with Crippen LogP contribution in [0.4, 0.5) is 0 Å². The summed E-state index contributed by atoms with van der Waals surface area (Å²) in [6, 6.07) is 5.96. The van der Waals surface area contributed by atoms with Gasteiger partial charge in [-0.25, -0.2) is 0 Å². The molecule has 1 saturated carbocycles. The second-order valence-electron chi connectivity index (χ2n) is 6.29. The van der Waals surface area contributed by atoms with Crippen LogP contribution < -0.4 is 4.74 Å². The molecule has 122 valence electrons. The van der Waals surface area contributed by atoms with Gasteiger partial charge in [0.05, 0.1) is 38.5 Å². The molecule has 1 aliphatic heterocycles. The van der Waals surface area contributed by atoms with E-state index in [2.05, 4.69) is 0 Å². The molecular formula is C18H21NO4. The number of rotatable bonds is 3. The molecule has 2 aromatic rings. The highest BCUT2D eigenvalue weighted by Gasteiger charge is 2.38. The molecule has 5 nitrogen and oxygen atoms in total. The maximum absolute atomic E-state index is 12.8. The summed E-state index contributed by atoms with van der Waals surface area (Å²) in [5.74, 6) is 0.926.